The molecule has 0 saturated heterocycles. The summed E-state index contributed by atoms with van der Waals surface area (Å²) in [6.45, 7) is -0.0651. The van der Waals surface area contributed by atoms with E-state index in [0.717, 1.165) is 12.8 Å². The van der Waals surface area contributed by atoms with Crippen LogP contribution in [-0.2, 0) is 25.4 Å². The molecule has 1 amide bonds. The molecule has 3 atom stereocenters. The van der Waals surface area contributed by atoms with Crippen molar-refractivity contribution < 1.29 is 17.4 Å². The van der Waals surface area contributed by atoms with Gasteiger partial charge in [0.05, 0.1) is 16.7 Å². The quantitative estimate of drug-likeness (QED) is 0.753. The highest BCUT2D eigenvalue weighted by Crippen LogP contribution is 2.32. The van der Waals surface area contributed by atoms with E-state index in [1.54, 1.807) is 12.1 Å². The molecule has 0 radical (unpaired) electrons. The fourth-order valence-corrected chi connectivity index (χ4v) is 5.45. The van der Waals surface area contributed by atoms with Crippen LogP contribution in [0.15, 0.2) is 34.1 Å². The molecule has 2 rings (SSSR count). The molecule has 25 heavy (non-hydrogen) atoms. The molecular weight excluding hydrogens is 360 g/mol. The molecule has 1 aliphatic rings. The summed E-state index contributed by atoms with van der Waals surface area (Å²) >= 11 is 0. The van der Waals surface area contributed by atoms with Crippen LogP contribution in [0.5, 0.6) is 0 Å². The Morgan fingerprint density at radius 1 is 1.28 bits per heavy atom. The van der Waals surface area contributed by atoms with E-state index in [4.69, 9.17) is 5.26 Å². The summed E-state index contributed by atoms with van der Waals surface area (Å²) in [5.41, 5.74) is 0. The van der Waals surface area contributed by atoms with E-state index in [1.165, 1.54) is 18.4 Å². The van der Waals surface area contributed by atoms with Crippen LogP contribution >= 0.6 is 0 Å². The number of amides is 1. The third kappa shape index (κ3) is 5.13. The second-order valence-corrected chi connectivity index (χ2v) is 9.65. The fourth-order valence-electron chi connectivity index (χ4n) is 3.23. The molecule has 0 aromatic heterocycles. The molecule has 1 aromatic rings. The van der Waals surface area contributed by atoms with Gasteiger partial charge >= 0.3 is 0 Å². The molecule has 1 fully saturated rings. The Bertz CT molecular complexity index is 782. The van der Waals surface area contributed by atoms with Crippen LogP contribution in [0.2, 0.25) is 0 Å². The summed E-state index contributed by atoms with van der Waals surface area (Å²) in [5.74, 6) is -0.957. The Balaban J connectivity index is 2.15. The van der Waals surface area contributed by atoms with Crippen molar-refractivity contribution in [3.05, 3.63) is 24.3 Å². The average Bonchev–Trinajstić information content (AvgIpc) is 2.60. The van der Waals surface area contributed by atoms with E-state index in [9.17, 15) is 17.4 Å². The van der Waals surface area contributed by atoms with Gasteiger partial charge in [-0.05, 0) is 43.0 Å². The molecule has 0 heterocycles. The number of nitrogens with zero attached hydrogens (tertiary/aromatic N) is 1. The summed E-state index contributed by atoms with van der Waals surface area (Å²) in [6, 6.07) is 7.92. The smallest absolute Gasteiger partial charge is 0.224 e. The Morgan fingerprint density at radius 3 is 2.52 bits per heavy atom. The van der Waals surface area contributed by atoms with Gasteiger partial charge in [-0.1, -0.05) is 12.8 Å². The molecule has 1 aromatic carbocycles. The van der Waals surface area contributed by atoms with Crippen LogP contribution in [0.4, 0.5) is 0 Å². The van der Waals surface area contributed by atoms with Crippen LogP contribution < -0.4 is 5.32 Å². The Morgan fingerprint density at radius 2 is 1.92 bits per heavy atom. The first-order chi connectivity index (χ1) is 11.8. The molecule has 0 aliphatic heterocycles. The highest BCUT2D eigenvalue weighted by Gasteiger charge is 2.34. The van der Waals surface area contributed by atoms with Crippen molar-refractivity contribution in [1.82, 2.24) is 5.32 Å². The highest BCUT2D eigenvalue weighted by molar-refractivity contribution is 7.91. The molecule has 8 heteroatoms. The Labute approximate surface area is 151 Å². The monoisotopic (exact) mass is 382 g/mol. The summed E-state index contributed by atoms with van der Waals surface area (Å²) in [5, 5.41) is 11.1. The van der Waals surface area contributed by atoms with Crippen molar-refractivity contribution in [3.8, 4) is 6.07 Å². The standard InChI is InChI=1S/C17H22N2O4S2/c1-24(21)14-6-8-15(9-7-14)25(22,23)12-13-4-2-3-5-16(13)17(20)19-11-10-18/h6-9,13,16H,2-5,11-12H2,1H3,(H,19,20)/t13-,16+,24?/m0/s1. The number of benzene rings is 1. The molecule has 0 spiro atoms. The van der Waals surface area contributed by atoms with Crippen molar-refractivity contribution >= 4 is 26.5 Å². The Kier molecular flexibility index (Phi) is 6.73. The minimum absolute atomic E-state index is 0.0651. The number of carbonyl (C=O) groups excluding carboxylic acids is 1. The minimum atomic E-state index is -3.53. The summed E-state index contributed by atoms with van der Waals surface area (Å²) < 4.78 is 36.8. The van der Waals surface area contributed by atoms with Crippen molar-refractivity contribution in [2.75, 3.05) is 18.6 Å². The maximum atomic E-state index is 12.7. The van der Waals surface area contributed by atoms with E-state index in [0.29, 0.717) is 17.7 Å². The van der Waals surface area contributed by atoms with E-state index in [2.05, 4.69) is 5.32 Å². The topological polar surface area (TPSA) is 104 Å². The van der Waals surface area contributed by atoms with Gasteiger partial charge in [-0.15, -0.1) is 0 Å². The van der Waals surface area contributed by atoms with Gasteiger partial charge in [0.1, 0.15) is 6.54 Å². The van der Waals surface area contributed by atoms with Gasteiger partial charge in [-0.25, -0.2) is 8.42 Å². The van der Waals surface area contributed by atoms with Gasteiger partial charge in [0.15, 0.2) is 9.84 Å². The average molecular weight is 383 g/mol. The van der Waals surface area contributed by atoms with Crippen LogP contribution in [0.1, 0.15) is 25.7 Å². The Hall–Kier alpha value is -1.72. The van der Waals surface area contributed by atoms with E-state index < -0.39 is 20.6 Å². The first kappa shape index (κ1) is 19.6. The molecule has 136 valence electrons. The number of nitriles is 1. The lowest BCUT2D eigenvalue weighted by Gasteiger charge is -2.30. The fraction of sp³-hybridized carbons (Fsp3) is 0.529. The molecule has 1 saturated carbocycles. The van der Waals surface area contributed by atoms with Crippen LogP contribution in [0, 0.1) is 23.2 Å². The number of sulfone groups is 1. The maximum Gasteiger partial charge on any atom is 0.224 e. The van der Waals surface area contributed by atoms with Gasteiger partial charge in [0.2, 0.25) is 5.91 Å². The molecular formula is C17H22N2O4S2. The molecule has 6 nitrogen and oxygen atoms in total. The van der Waals surface area contributed by atoms with Crippen LogP contribution in [0.3, 0.4) is 0 Å². The van der Waals surface area contributed by atoms with Gasteiger partial charge < -0.3 is 5.32 Å². The lowest BCUT2D eigenvalue weighted by atomic mass is 9.80. The van der Waals surface area contributed by atoms with Gasteiger partial charge in [-0.2, -0.15) is 5.26 Å². The van der Waals surface area contributed by atoms with E-state index >= 15 is 0 Å². The number of hydrogen-bond donors (Lipinski definition) is 1. The zero-order valence-corrected chi connectivity index (χ0v) is 15.7. The van der Waals surface area contributed by atoms with Crippen molar-refractivity contribution in [2.45, 2.75) is 35.5 Å². The molecule has 1 N–H and O–H groups in total. The number of rotatable bonds is 6. The van der Waals surface area contributed by atoms with Gasteiger partial charge in [0.25, 0.3) is 0 Å². The predicted octanol–water partition coefficient (Wildman–Crippen LogP) is 1.64. The second kappa shape index (κ2) is 8.59. The first-order valence-electron chi connectivity index (χ1n) is 8.16. The van der Waals surface area contributed by atoms with E-state index in [1.807, 2.05) is 6.07 Å². The summed E-state index contributed by atoms with van der Waals surface area (Å²) in [6.07, 6.45) is 4.65. The summed E-state index contributed by atoms with van der Waals surface area (Å²) in [4.78, 5) is 13.0. The third-order valence-electron chi connectivity index (χ3n) is 4.54. The van der Waals surface area contributed by atoms with Crippen molar-refractivity contribution in [3.63, 3.8) is 0 Å². The van der Waals surface area contributed by atoms with Crippen molar-refractivity contribution in [2.24, 2.45) is 11.8 Å². The molecule has 1 unspecified atom stereocenters. The molecule has 1 aliphatic carbocycles. The summed E-state index contributed by atoms with van der Waals surface area (Å²) in [7, 11) is -4.69. The molecule has 0 bridgehead atoms. The third-order valence-corrected chi connectivity index (χ3v) is 7.33. The second-order valence-electron chi connectivity index (χ2n) is 6.23. The van der Waals surface area contributed by atoms with Crippen molar-refractivity contribution in [1.29, 1.82) is 5.26 Å². The minimum Gasteiger partial charge on any atom is -0.343 e. The normalized spacial score (nSPS) is 21.9. The van der Waals surface area contributed by atoms with Gasteiger partial charge in [-0.3, -0.25) is 9.00 Å². The lowest BCUT2D eigenvalue weighted by molar-refractivity contribution is -0.127. The van der Waals surface area contributed by atoms with E-state index in [-0.39, 0.29) is 34.9 Å². The largest absolute Gasteiger partial charge is 0.343 e. The number of hydrogen-bond acceptors (Lipinski definition) is 5. The zero-order valence-electron chi connectivity index (χ0n) is 14.1. The number of nitrogens with one attached hydrogen (secondary N) is 1. The van der Waals surface area contributed by atoms with Crippen LogP contribution in [-0.4, -0.2) is 37.1 Å². The lowest BCUT2D eigenvalue weighted by Crippen LogP contribution is -2.39. The maximum absolute atomic E-state index is 12.7. The van der Waals surface area contributed by atoms with Gasteiger partial charge in [0, 0.05) is 27.9 Å². The first-order valence-corrected chi connectivity index (χ1v) is 11.4. The number of carbonyl (C=O) groups is 1. The highest BCUT2D eigenvalue weighted by atomic mass is 32.2. The predicted molar refractivity (Wildman–Crippen MR) is 94.9 cm³/mol. The SMILES string of the molecule is CS(=O)c1ccc(S(=O)(=O)C[C@@H]2CCCC[C@H]2C(=O)NCC#N)cc1. The zero-order chi connectivity index (χ0) is 18.4. The van der Waals surface area contributed by atoms with Crippen LogP contribution in [0.25, 0.3) is 0 Å².